The summed E-state index contributed by atoms with van der Waals surface area (Å²) in [5.74, 6) is -0.116. The Kier molecular flexibility index (Phi) is 6.29. The smallest absolute Gasteiger partial charge is 0.269 e. The van der Waals surface area contributed by atoms with Crippen LogP contribution >= 0.6 is 0 Å². The third kappa shape index (κ3) is 6.20. The third-order valence-corrected chi connectivity index (χ3v) is 2.52. The highest BCUT2D eigenvalue weighted by Crippen LogP contribution is 2.07. The van der Waals surface area contributed by atoms with E-state index in [4.69, 9.17) is 0 Å². The number of hydrogen-bond donors (Lipinski definition) is 2. The predicted octanol–water partition coefficient (Wildman–Crippen LogP) is 1.58. The van der Waals surface area contributed by atoms with Gasteiger partial charge in [0, 0.05) is 12.6 Å². The summed E-state index contributed by atoms with van der Waals surface area (Å²) >= 11 is 0. The molecule has 5 nitrogen and oxygen atoms in total. The minimum atomic E-state index is -0.116. The van der Waals surface area contributed by atoms with Crippen LogP contribution < -0.4 is 10.6 Å². The van der Waals surface area contributed by atoms with Crippen LogP contribution in [0, 0.1) is 0 Å². The number of nitrogens with one attached hydrogen (secondary N) is 2. The van der Waals surface area contributed by atoms with Crippen molar-refractivity contribution in [3.8, 4) is 0 Å². The van der Waals surface area contributed by atoms with Gasteiger partial charge < -0.3 is 15.5 Å². The van der Waals surface area contributed by atoms with Crippen molar-refractivity contribution in [2.24, 2.45) is 0 Å². The molecule has 0 atom stereocenters. The monoisotopic (exact) mass is 264 g/mol. The van der Waals surface area contributed by atoms with Gasteiger partial charge in [-0.1, -0.05) is 0 Å². The first kappa shape index (κ1) is 15.4. The molecule has 1 aromatic heterocycles. The number of hydrogen-bond acceptors (Lipinski definition) is 4. The second kappa shape index (κ2) is 7.74. The molecular formula is C14H24N4O. The molecule has 0 aromatic carbocycles. The summed E-state index contributed by atoms with van der Waals surface area (Å²) in [7, 11) is 4.04. The normalized spacial score (nSPS) is 10.8. The fourth-order valence-corrected chi connectivity index (χ4v) is 1.63. The third-order valence-electron chi connectivity index (χ3n) is 2.52. The van der Waals surface area contributed by atoms with Crippen molar-refractivity contribution >= 4 is 11.6 Å². The maximum Gasteiger partial charge on any atom is 0.269 e. The van der Waals surface area contributed by atoms with Gasteiger partial charge in [-0.05, 0) is 53.0 Å². The molecule has 0 saturated carbocycles. The van der Waals surface area contributed by atoms with Crippen molar-refractivity contribution in [1.29, 1.82) is 0 Å². The van der Waals surface area contributed by atoms with Crippen molar-refractivity contribution in [3.05, 3.63) is 24.0 Å². The van der Waals surface area contributed by atoms with E-state index in [2.05, 4.69) is 34.4 Å². The molecule has 0 aliphatic heterocycles. The minimum absolute atomic E-state index is 0.116. The van der Waals surface area contributed by atoms with Crippen LogP contribution in [0.5, 0.6) is 0 Å². The lowest BCUT2D eigenvalue weighted by Crippen LogP contribution is -2.27. The molecule has 5 heteroatoms. The molecular weight excluding hydrogens is 240 g/mol. The van der Waals surface area contributed by atoms with Gasteiger partial charge in [0.25, 0.3) is 5.91 Å². The van der Waals surface area contributed by atoms with E-state index in [-0.39, 0.29) is 5.91 Å². The van der Waals surface area contributed by atoms with Crippen LogP contribution in [0.25, 0.3) is 0 Å². The molecule has 1 heterocycles. The number of nitrogens with zero attached hydrogens (tertiary/aromatic N) is 2. The average molecular weight is 264 g/mol. The van der Waals surface area contributed by atoms with Crippen LogP contribution in [-0.2, 0) is 0 Å². The predicted molar refractivity (Wildman–Crippen MR) is 78.5 cm³/mol. The first-order chi connectivity index (χ1) is 8.99. The molecule has 1 rings (SSSR count). The zero-order chi connectivity index (χ0) is 14.3. The Bertz CT molecular complexity index is 387. The fraction of sp³-hybridized carbons (Fsp3) is 0.571. The van der Waals surface area contributed by atoms with Gasteiger partial charge in [-0.25, -0.2) is 4.98 Å². The molecule has 0 saturated heterocycles. The van der Waals surface area contributed by atoms with Crippen LogP contribution in [0.2, 0.25) is 0 Å². The summed E-state index contributed by atoms with van der Waals surface area (Å²) < 4.78 is 0. The van der Waals surface area contributed by atoms with Gasteiger partial charge in [0.05, 0.1) is 11.9 Å². The van der Waals surface area contributed by atoms with E-state index in [0.29, 0.717) is 18.3 Å². The SMILES string of the molecule is CC(C)Nc1ccc(C(=O)NCCCN(C)C)nc1. The van der Waals surface area contributed by atoms with Gasteiger partial charge in [0.2, 0.25) is 0 Å². The molecule has 0 radical (unpaired) electrons. The number of rotatable bonds is 7. The maximum atomic E-state index is 11.8. The molecule has 1 amide bonds. The van der Waals surface area contributed by atoms with Crippen LogP contribution in [-0.4, -0.2) is 49.0 Å². The summed E-state index contributed by atoms with van der Waals surface area (Å²) in [6, 6.07) is 3.97. The molecule has 106 valence electrons. The Hall–Kier alpha value is -1.62. The van der Waals surface area contributed by atoms with Crippen molar-refractivity contribution < 1.29 is 4.79 Å². The molecule has 1 aromatic rings. The molecule has 0 aliphatic rings. The van der Waals surface area contributed by atoms with E-state index in [1.54, 1.807) is 12.3 Å². The Labute approximate surface area is 115 Å². The Morgan fingerprint density at radius 3 is 2.63 bits per heavy atom. The topological polar surface area (TPSA) is 57.3 Å². The van der Waals surface area contributed by atoms with Gasteiger partial charge in [-0.2, -0.15) is 0 Å². The molecule has 0 aliphatic carbocycles. The second-order valence-electron chi connectivity index (χ2n) is 5.14. The summed E-state index contributed by atoms with van der Waals surface area (Å²) in [5.41, 5.74) is 1.39. The van der Waals surface area contributed by atoms with Crippen molar-refractivity contribution in [1.82, 2.24) is 15.2 Å². The van der Waals surface area contributed by atoms with Crippen molar-refractivity contribution in [2.75, 3.05) is 32.5 Å². The zero-order valence-corrected chi connectivity index (χ0v) is 12.2. The standard InChI is InChI=1S/C14H24N4O/c1-11(2)17-12-6-7-13(16-10-12)14(19)15-8-5-9-18(3)4/h6-7,10-11,17H,5,8-9H2,1-4H3,(H,15,19). The van der Waals surface area contributed by atoms with E-state index in [1.165, 1.54) is 0 Å². The van der Waals surface area contributed by atoms with E-state index in [9.17, 15) is 4.79 Å². The lowest BCUT2D eigenvalue weighted by molar-refractivity contribution is 0.0947. The van der Waals surface area contributed by atoms with Gasteiger partial charge in [0.1, 0.15) is 5.69 Å². The lowest BCUT2D eigenvalue weighted by Gasteiger charge is -2.11. The number of carbonyl (C=O) groups is 1. The first-order valence-electron chi connectivity index (χ1n) is 6.64. The number of pyridine rings is 1. The number of carbonyl (C=O) groups excluding carboxylic acids is 1. The van der Waals surface area contributed by atoms with Gasteiger partial charge in [-0.3, -0.25) is 4.79 Å². The molecule has 2 N–H and O–H groups in total. The van der Waals surface area contributed by atoms with E-state index in [1.807, 2.05) is 20.2 Å². The van der Waals surface area contributed by atoms with Crippen LogP contribution in [0.1, 0.15) is 30.8 Å². The number of aromatic nitrogens is 1. The van der Waals surface area contributed by atoms with E-state index >= 15 is 0 Å². The number of anilines is 1. The molecule has 0 spiro atoms. The summed E-state index contributed by atoms with van der Waals surface area (Å²) in [4.78, 5) is 18.1. The largest absolute Gasteiger partial charge is 0.382 e. The van der Waals surface area contributed by atoms with Crippen molar-refractivity contribution in [2.45, 2.75) is 26.3 Å². The van der Waals surface area contributed by atoms with Crippen molar-refractivity contribution in [3.63, 3.8) is 0 Å². The zero-order valence-electron chi connectivity index (χ0n) is 12.2. The Morgan fingerprint density at radius 2 is 2.11 bits per heavy atom. The Balaban J connectivity index is 2.40. The quantitative estimate of drug-likeness (QED) is 0.734. The van der Waals surface area contributed by atoms with E-state index in [0.717, 1.165) is 18.7 Å². The van der Waals surface area contributed by atoms with E-state index < -0.39 is 0 Å². The average Bonchev–Trinajstić information content (AvgIpc) is 2.34. The molecule has 0 bridgehead atoms. The molecule has 0 unspecified atom stereocenters. The maximum absolute atomic E-state index is 11.8. The Morgan fingerprint density at radius 1 is 1.37 bits per heavy atom. The first-order valence-corrected chi connectivity index (χ1v) is 6.64. The minimum Gasteiger partial charge on any atom is -0.382 e. The van der Waals surface area contributed by atoms with Crippen LogP contribution in [0.4, 0.5) is 5.69 Å². The van der Waals surface area contributed by atoms with Gasteiger partial charge in [0.15, 0.2) is 0 Å². The summed E-state index contributed by atoms with van der Waals surface area (Å²) in [6.07, 6.45) is 2.63. The number of amides is 1. The molecule has 19 heavy (non-hydrogen) atoms. The highest BCUT2D eigenvalue weighted by molar-refractivity contribution is 5.92. The van der Waals surface area contributed by atoms with Gasteiger partial charge >= 0.3 is 0 Å². The summed E-state index contributed by atoms with van der Waals surface area (Å²) in [5, 5.41) is 6.10. The molecule has 0 fully saturated rings. The second-order valence-corrected chi connectivity index (χ2v) is 5.14. The fourth-order valence-electron chi connectivity index (χ4n) is 1.63. The highest BCUT2D eigenvalue weighted by atomic mass is 16.1. The highest BCUT2D eigenvalue weighted by Gasteiger charge is 2.06. The lowest BCUT2D eigenvalue weighted by atomic mass is 10.3. The van der Waals surface area contributed by atoms with Crippen LogP contribution in [0.3, 0.4) is 0 Å². The van der Waals surface area contributed by atoms with Crippen LogP contribution in [0.15, 0.2) is 18.3 Å². The van der Waals surface area contributed by atoms with Gasteiger partial charge in [-0.15, -0.1) is 0 Å². The summed E-state index contributed by atoms with van der Waals surface area (Å²) in [6.45, 7) is 5.76.